The molecule has 0 spiro atoms. The zero-order chi connectivity index (χ0) is 8.58. The van der Waals surface area contributed by atoms with E-state index < -0.39 is 16.3 Å². The maximum absolute atomic E-state index is 11.5. The number of hydrogen-bond acceptors (Lipinski definition) is 0. The van der Waals surface area contributed by atoms with E-state index in [1.165, 1.54) is 0 Å². The quantitative estimate of drug-likeness (QED) is 0.414. The summed E-state index contributed by atoms with van der Waals surface area (Å²) in [5, 5.41) is 0. The fraction of sp³-hybridized carbons (Fsp3) is 1.00. The lowest BCUT2D eigenvalue weighted by atomic mass is 10.4. The monoisotopic (exact) mass is 278 g/mol. The number of halogens is 7. The molecule has 7 heteroatoms. The van der Waals surface area contributed by atoms with E-state index in [4.69, 9.17) is 0 Å². The predicted octanol–water partition coefficient (Wildman–Crippen LogP) is 2.91. The van der Waals surface area contributed by atoms with Crippen molar-refractivity contribution in [3.05, 3.63) is 0 Å². The van der Waals surface area contributed by atoms with E-state index in [1.54, 1.807) is 0 Å². The Kier molecular flexibility index (Phi) is 2.83. The predicted molar refractivity (Wildman–Crippen MR) is 29.9 cm³/mol. The van der Waals surface area contributed by atoms with E-state index in [0.717, 1.165) is 0 Å². The van der Waals surface area contributed by atoms with Crippen molar-refractivity contribution >= 4 is 22.6 Å². The first kappa shape index (κ1) is 10.3. The summed E-state index contributed by atoms with van der Waals surface area (Å²) in [5.41, 5.74) is 0. The topological polar surface area (TPSA) is 0 Å². The largest absolute Gasteiger partial charge is 0.378 e. The summed E-state index contributed by atoms with van der Waals surface area (Å²) in [4.78, 5) is 0. The third-order valence-corrected chi connectivity index (χ3v) is 1.37. The number of rotatable bonds is 2. The van der Waals surface area contributed by atoms with E-state index in [-0.39, 0.29) is 22.6 Å². The lowest BCUT2D eigenvalue weighted by Crippen LogP contribution is -2.41. The first-order chi connectivity index (χ1) is 4.19. The Morgan fingerprint density at radius 3 is 1.30 bits per heavy atom. The maximum atomic E-state index is 11.5. The molecule has 0 aromatic carbocycles. The van der Waals surface area contributed by atoms with Gasteiger partial charge in [-0.25, -0.2) is 8.78 Å². The van der Waals surface area contributed by atoms with Gasteiger partial charge in [-0.05, 0) is 0 Å². The summed E-state index contributed by atoms with van der Waals surface area (Å²) in [5.74, 6) is -5.24. The first-order valence-corrected chi connectivity index (χ1v) is 3.00. The highest BCUT2D eigenvalue weighted by molar-refractivity contribution is 14.1. The average Bonchev–Trinajstić information content (AvgIpc) is 1.62. The highest BCUT2D eigenvalue weighted by Gasteiger charge is 2.61. The van der Waals surface area contributed by atoms with Crippen molar-refractivity contribution in [2.45, 2.75) is 16.3 Å². The fourth-order valence-corrected chi connectivity index (χ4v) is 0.359. The molecule has 0 aromatic rings. The van der Waals surface area contributed by atoms with Gasteiger partial charge in [-0.15, -0.1) is 0 Å². The van der Waals surface area contributed by atoms with Crippen molar-refractivity contribution in [3.8, 4) is 0 Å². The third kappa shape index (κ3) is 1.89. The van der Waals surface area contributed by atoms with Gasteiger partial charge in [0.25, 0.3) is 0 Å². The van der Waals surface area contributed by atoms with Crippen molar-refractivity contribution < 1.29 is 26.3 Å². The molecule has 0 saturated carbocycles. The van der Waals surface area contributed by atoms with Gasteiger partial charge in [0, 0.05) is 22.6 Å². The highest BCUT2D eigenvalue weighted by atomic mass is 127. The molecule has 62 valence electrons. The summed E-state index contributed by atoms with van der Waals surface area (Å²) in [7, 11) is 0. The average molecular weight is 278 g/mol. The van der Waals surface area contributed by atoms with Gasteiger partial charge in [0.15, 0.2) is 0 Å². The van der Waals surface area contributed by atoms with E-state index in [9.17, 15) is 26.3 Å². The van der Waals surface area contributed by atoms with Crippen LogP contribution in [0, 0.1) is 0 Å². The Hall–Kier alpha value is 0.310. The summed E-state index contributed by atoms with van der Waals surface area (Å²) < 4.78 is 63.6. The van der Waals surface area contributed by atoms with Gasteiger partial charge in [0.1, 0.15) is 0 Å². The van der Waals surface area contributed by atoms with Crippen LogP contribution >= 0.6 is 22.6 Å². The standard InChI is InChI=1S/C3HF6I/c4-1(5)2(6,7)3(8,9)10/h1H. The van der Waals surface area contributed by atoms with Crippen LogP contribution in [-0.4, -0.2) is 16.3 Å². The molecule has 0 amide bonds. The first-order valence-electron chi connectivity index (χ1n) is 1.92. The Morgan fingerprint density at radius 1 is 1.00 bits per heavy atom. The van der Waals surface area contributed by atoms with Crippen LogP contribution in [0.1, 0.15) is 0 Å². The molecule has 0 radical (unpaired) electrons. The molecule has 0 atom stereocenters. The summed E-state index contributed by atoms with van der Waals surface area (Å²) in [6.45, 7) is 0. The van der Waals surface area contributed by atoms with Gasteiger partial charge >= 0.3 is 16.3 Å². The Bertz CT molecular complexity index is 115. The third-order valence-electron chi connectivity index (χ3n) is 0.652. The Balaban J connectivity index is 4.40. The smallest absolute Gasteiger partial charge is 0.203 e. The SMILES string of the molecule is FC(F)C(F)(F)C(F)(F)I. The van der Waals surface area contributed by atoms with Crippen LogP contribution in [-0.2, 0) is 0 Å². The molecule has 0 fully saturated rings. The molecule has 0 saturated heterocycles. The zero-order valence-electron chi connectivity index (χ0n) is 4.22. The molecule has 0 aliphatic rings. The lowest BCUT2D eigenvalue weighted by molar-refractivity contribution is -0.213. The molecule has 0 bridgehead atoms. The Morgan fingerprint density at radius 2 is 1.30 bits per heavy atom. The van der Waals surface area contributed by atoms with Gasteiger partial charge in [0.2, 0.25) is 0 Å². The van der Waals surface area contributed by atoms with E-state index in [2.05, 4.69) is 0 Å². The van der Waals surface area contributed by atoms with Crippen molar-refractivity contribution in [3.63, 3.8) is 0 Å². The second-order valence-corrected chi connectivity index (χ2v) is 2.78. The molecule has 0 aromatic heterocycles. The van der Waals surface area contributed by atoms with Gasteiger partial charge < -0.3 is 0 Å². The van der Waals surface area contributed by atoms with Crippen LogP contribution in [0.25, 0.3) is 0 Å². The minimum Gasteiger partial charge on any atom is -0.203 e. The molecular formula is C3HF6I. The maximum Gasteiger partial charge on any atom is 0.378 e. The molecule has 0 nitrogen and oxygen atoms in total. The molecule has 0 aliphatic heterocycles. The van der Waals surface area contributed by atoms with Crippen LogP contribution in [0.4, 0.5) is 26.3 Å². The van der Waals surface area contributed by atoms with Crippen LogP contribution in [0.3, 0.4) is 0 Å². The van der Waals surface area contributed by atoms with Crippen LogP contribution in [0.2, 0.25) is 0 Å². The minimum absolute atomic E-state index is 0.0287. The Labute approximate surface area is 65.7 Å². The van der Waals surface area contributed by atoms with Gasteiger partial charge in [-0.2, -0.15) is 17.6 Å². The summed E-state index contributed by atoms with van der Waals surface area (Å²) in [6, 6.07) is 0. The van der Waals surface area contributed by atoms with Crippen LogP contribution in [0.5, 0.6) is 0 Å². The summed E-state index contributed by atoms with van der Waals surface area (Å²) in [6.07, 6.45) is -4.33. The van der Waals surface area contributed by atoms with Gasteiger partial charge in [-0.1, -0.05) is 0 Å². The second kappa shape index (κ2) is 2.74. The summed E-state index contributed by atoms with van der Waals surface area (Å²) >= 11 is -0.0287. The molecule has 0 aliphatic carbocycles. The van der Waals surface area contributed by atoms with E-state index in [1.807, 2.05) is 0 Å². The van der Waals surface area contributed by atoms with E-state index >= 15 is 0 Å². The zero-order valence-corrected chi connectivity index (χ0v) is 6.38. The highest BCUT2D eigenvalue weighted by Crippen LogP contribution is 2.43. The molecule has 0 rings (SSSR count). The number of hydrogen-bond donors (Lipinski definition) is 0. The van der Waals surface area contributed by atoms with Crippen LogP contribution in [0.15, 0.2) is 0 Å². The molecule has 10 heavy (non-hydrogen) atoms. The number of alkyl halides is 7. The van der Waals surface area contributed by atoms with E-state index in [0.29, 0.717) is 0 Å². The van der Waals surface area contributed by atoms with Crippen molar-refractivity contribution in [2.75, 3.05) is 0 Å². The van der Waals surface area contributed by atoms with Gasteiger partial charge in [0.05, 0.1) is 0 Å². The van der Waals surface area contributed by atoms with Crippen LogP contribution < -0.4 is 0 Å². The molecule has 0 unspecified atom stereocenters. The van der Waals surface area contributed by atoms with Crippen molar-refractivity contribution in [1.82, 2.24) is 0 Å². The molecule has 0 heterocycles. The molecular weight excluding hydrogens is 277 g/mol. The second-order valence-electron chi connectivity index (χ2n) is 1.42. The van der Waals surface area contributed by atoms with Gasteiger partial charge in [-0.3, -0.25) is 0 Å². The van der Waals surface area contributed by atoms with Crippen molar-refractivity contribution in [2.24, 2.45) is 0 Å². The lowest BCUT2D eigenvalue weighted by Gasteiger charge is -2.19. The fourth-order valence-electron chi connectivity index (χ4n) is 0.124. The molecule has 0 N–H and O–H groups in total. The van der Waals surface area contributed by atoms with Crippen molar-refractivity contribution in [1.29, 1.82) is 0 Å². The minimum atomic E-state index is -5.24. The normalized spacial score (nSPS) is 14.4.